The lowest BCUT2D eigenvalue weighted by Crippen LogP contribution is -2.54. The van der Waals surface area contributed by atoms with Gasteiger partial charge < -0.3 is 5.73 Å². The molecule has 4 rings (SSSR count). The highest BCUT2D eigenvalue weighted by molar-refractivity contribution is 6.17. The molecule has 1 fully saturated rings. The Morgan fingerprint density at radius 2 is 2.09 bits per heavy atom. The lowest BCUT2D eigenvalue weighted by Gasteiger charge is -2.44. The fourth-order valence-electron chi connectivity index (χ4n) is 4.01. The van der Waals surface area contributed by atoms with Crippen LogP contribution in [0.15, 0.2) is 52.8 Å². The molecule has 1 saturated heterocycles. The minimum absolute atomic E-state index is 0.134. The number of amides is 2. The summed E-state index contributed by atoms with van der Waals surface area (Å²) in [5, 5.41) is 2.35. The first kappa shape index (κ1) is 13.9. The second kappa shape index (κ2) is 4.62. The summed E-state index contributed by atoms with van der Waals surface area (Å²) < 4.78 is 0. The number of imide groups is 1. The van der Waals surface area contributed by atoms with Gasteiger partial charge in [-0.3, -0.25) is 24.7 Å². The highest BCUT2D eigenvalue weighted by Gasteiger charge is 2.56. The van der Waals surface area contributed by atoms with Gasteiger partial charge in [-0.05, 0) is 24.6 Å². The predicted octanol–water partition coefficient (Wildman–Crippen LogP) is 0.532. The third-order valence-corrected chi connectivity index (χ3v) is 5.03. The standard InChI is InChI=1S/C17H15N3O3/c18-11-2-1-7-17-10(11)8-19-13(17)5-4-12(21)15(17)9-3-6-14(22)20-16(9)23/h1-2,4-5,7-9,15H,3,6,18H2,(H,20,22,23). The van der Waals surface area contributed by atoms with Gasteiger partial charge in [-0.15, -0.1) is 0 Å². The second-order valence-corrected chi connectivity index (χ2v) is 6.18. The molecule has 3 unspecified atom stereocenters. The van der Waals surface area contributed by atoms with Crippen LogP contribution in [0.1, 0.15) is 12.8 Å². The van der Waals surface area contributed by atoms with Gasteiger partial charge in [-0.1, -0.05) is 12.2 Å². The fourth-order valence-corrected chi connectivity index (χ4v) is 4.01. The molecule has 0 aromatic rings. The number of nitrogens with two attached hydrogens (primary N) is 1. The van der Waals surface area contributed by atoms with Crippen LogP contribution in [-0.4, -0.2) is 23.3 Å². The van der Waals surface area contributed by atoms with E-state index >= 15 is 0 Å². The summed E-state index contributed by atoms with van der Waals surface area (Å²) in [7, 11) is 0. The third kappa shape index (κ3) is 1.75. The van der Waals surface area contributed by atoms with Crippen molar-refractivity contribution < 1.29 is 14.4 Å². The number of aliphatic imine (C=N–C) groups is 1. The molecule has 0 bridgehead atoms. The lowest BCUT2D eigenvalue weighted by molar-refractivity contribution is -0.141. The van der Waals surface area contributed by atoms with Crippen LogP contribution >= 0.6 is 0 Å². The summed E-state index contributed by atoms with van der Waals surface area (Å²) >= 11 is 0. The van der Waals surface area contributed by atoms with E-state index in [2.05, 4.69) is 10.3 Å². The van der Waals surface area contributed by atoms with E-state index in [1.165, 1.54) is 6.08 Å². The van der Waals surface area contributed by atoms with Crippen molar-refractivity contribution in [2.45, 2.75) is 12.8 Å². The van der Waals surface area contributed by atoms with Crippen molar-refractivity contribution in [3.8, 4) is 0 Å². The number of nitrogens with zero attached hydrogens (tertiary/aromatic N) is 1. The molecule has 0 aromatic carbocycles. The molecular formula is C17H15N3O3. The Hall–Kier alpha value is -2.76. The van der Waals surface area contributed by atoms with Crippen molar-refractivity contribution in [1.29, 1.82) is 0 Å². The van der Waals surface area contributed by atoms with Crippen molar-refractivity contribution in [1.82, 2.24) is 5.32 Å². The maximum Gasteiger partial charge on any atom is 0.230 e. The molecule has 23 heavy (non-hydrogen) atoms. The number of nitrogens with one attached hydrogen (secondary N) is 1. The van der Waals surface area contributed by atoms with E-state index in [9.17, 15) is 14.4 Å². The zero-order valence-corrected chi connectivity index (χ0v) is 12.3. The average Bonchev–Trinajstić information content (AvgIpc) is 2.89. The van der Waals surface area contributed by atoms with Crippen LogP contribution in [0.25, 0.3) is 0 Å². The number of piperidine rings is 1. The van der Waals surface area contributed by atoms with Gasteiger partial charge in [0.15, 0.2) is 5.78 Å². The first-order valence-electron chi connectivity index (χ1n) is 7.54. The van der Waals surface area contributed by atoms with Gasteiger partial charge in [0.05, 0.1) is 23.0 Å². The van der Waals surface area contributed by atoms with E-state index in [4.69, 9.17) is 5.73 Å². The van der Waals surface area contributed by atoms with E-state index in [1.807, 2.05) is 6.08 Å². The van der Waals surface area contributed by atoms with E-state index in [0.717, 1.165) is 5.57 Å². The smallest absolute Gasteiger partial charge is 0.230 e. The van der Waals surface area contributed by atoms with E-state index in [1.54, 1.807) is 24.4 Å². The van der Waals surface area contributed by atoms with Crippen LogP contribution in [0.3, 0.4) is 0 Å². The molecule has 2 amide bonds. The topological polar surface area (TPSA) is 102 Å². The molecule has 0 radical (unpaired) electrons. The fraction of sp³-hybridized carbons (Fsp3) is 0.294. The number of hydrogen-bond donors (Lipinski definition) is 2. The zero-order chi connectivity index (χ0) is 16.2. The normalized spacial score (nSPS) is 35.1. The van der Waals surface area contributed by atoms with Crippen LogP contribution in [0, 0.1) is 17.3 Å². The molecule has 116 valence electrons. The average molecular weight is 309 g/mol. The summed E-state index contributed by atoms with van der Waals surface area (Å²) in [6.45, 7) is 0. The van der Waals surface area contributed by atoms with Crippen LogP contribution in [0.2, 0.25) is 0 Å². The number of carbonyl (C=O) groups is 3. The summed E-state index contributed by atoms with van der Waals surface area (Å²) in [5.74, 6) is -2.02. The molecule has 3 N–H and O–H groups in total. The van der Waals surface area contributed by atoms with Gasteiger partial charge in [0.2, 0.25) is 11.8 Å². The Bertz CT molecular complexity index is 800. The maximum atomic E-state index is 12.7. The van der Waals surface area contributed by atoms with Gasteiger partial charge in [0.1, 0.15) is 0 Å². The molecule has 0 aromatic heterocycles. The van der Waals surface area contributed by atoms with Gasteiger partial charge in [0, 0.05) is 23.9 Å². The second-order valence-electron chi connectivity index (χ2n) is 6.18. The molecule has 1 spiro atoms. The number of hydrogen-bond acceptors (Lipinski definition) is 5. The predicted molar refractivity (Wildman–Crippen MR) is 82.9 cm³/mol. The third-order valence-electron chi connectivity index (χ3n) is 5.03. The maximum absolute atomic E-state index is 12.7. The molecule has 0 saturated carbocycles. The zero-order valence-electron chi connectivity index (χ0n) is 12.3. The summed E-state index contributed by atoms with van der Waals surface area (Å²) in [4.78, 5) is 40.9. The Labute approximate surface area is 132 Å². The van der Waals surface area contributed by atoms with Crippen molar-refractivity contribution in [3.05, 3.63) is 47.9 Å². The molecule has 6 nitrogen and oxygen atoms in total. The molecule has 2 heterocycles. The molecule has 4 aliphatic rings. The van der Waals surface area contributed by atoms with Gasteiger partial charge >= 0.3 is 0 Å². The molecule has 2 aliphatic carbocycles. The van der Waals surface area contributed by atoms with Crippen LogP contribution in [0.4, 0.5) is 0 Å². The minimum Gasteiger partial charge on any atom is -0.398 e. The van der Waals surface area contributed by atoms with E-state index < -0.39 is 23.2 Å². The first-order chi connectivity index (χ1) is 11.0. The monoisotopic (exact) mass is 309 g/mol. The summed E-state index contributed by atoms with van der Waals surface area (Å²) in [5.41, 5.74) is 7.31. The van der Waals surface area contributed by atoms with Crippen molar-refractivity contribution in [2.75, 3.05) is 0 Å². The van der Waals surface area contributed by atoms with Crippen molar-refractivity contribution in [3.63, 3.8) is 0 Å². The minimum atomic E-state index is -0.799. The quantitative estimate of drug-likeness (QED) is 0.690. The largest absolute Gasteiger partial charge is 0.398 e. The Morgan fingerprint density at radius 1 is 1.26 bits per heavy atom. The SMILES string of the molecule is NC1=CC=CC23C1=CN=C2C=CC(=O)C3C1CCC(=O)NC1=O. The Balaban J connectivity index is 1.85. The van der Waals surface area contributed by atoms with Gasteiger partial charge in [0.25, 0.3) is 0 Å². The number of rotatable bonds is 1. The van der Waals surface area contributed by atoms with Crippen molar-refractivity contribution in [2.24, 2.45) is 28.0 Å². The van der Waals surface area contributed by atoms with E-state index in [-0.39, 0.29) is 18.1 Å². The van der Waals surface area contributed by atoms with Crippen LogP contribution in [0.5, 0.6) is 0 Å². The number of ketones is 1. The lowest BCUT2D eigenvalue weighted by atomic mass is 9.57. The van der Waals surface area contributed by atoms with Crippen LogP contribution in [-0.2, 0) is 14.4 Å². The summed E-state index contributed by atoms with van der Waals surface area (Å²) in [6.07, 6.45) is 10.9. The van der Waals surface area contributed by atoms with Crippen LogP contribution < -0.4 is 11.1 Å². The Kier molecular flexibility index (Phi) is 2.78. The molecular weight excluding hydrogens is 294 g/mol. The summed E-state index contributed by atoms with van der Waals surface area (Å²) in [6, 6.07) is 0. The number of carbonyl (C=O) groups excluding carboxylic acids is 3. The van der Waals surface area contributed by atoms with Gasteiger partial charge in [-0.25, -0.2) is 0 Å². The van der Waals surface area contributed by atoms with Crippen molar-refractivity contribution >= 4 is 23.3 Å². The first-order valence-corrected chi connectivity index (χ1v) is 7.54. The highest BCUT2D eigenvalue weighted by Crippen LogP contribution is 2.52. The molecule has 6 heteroatoms. The van der Waals surface area contributed by atoms with Gasteiger partial charge in [-0.2, -0.15) is 0 Å². The van der Waals surface area contributed by atoms with E-state index in [0.29, 0.717) is 17.8 Å². The highest BCUT2D eigenvalue weighted by atomic mass is 16.2. The Morgan fingerprint density at radius 3 is 2.87 bits per heavy atom. The number of allylic oxidation sites excluding steroid dienone is 6. The molecule has 2 aliphatic heterocycles. The molecule has 3 atom stereocenters.